The molecule has 5 heteroatoms. The summed E-state index contributed by atoms with van der Waals surface area (Å²) in [6, 6.07) is 7.31. The maximum Gasteiger partial charge on any atom is 0.331 e. The standard InChI is InChI=1S/C15H21N3O2/c1-4-17(5-2)10-11-18-13-9-7-6-8-12(13)14(19)16(3)15(18)20/h6-9H,4-5,10-11H2,1-3H3/p+1. The largest absolute Gasteiger partial charge is 0.334 e. The van der Waals surface area contributed by atoms with Crippen molar-refractivity contribution >= 4 is 10.9 Å². The van der Waals surface area contributed by atoms with Crippen molar-refractivity contribution in [3.63, 3.8) is 0 Å². The van der Waals surface area contributed by atoms with Gasteiger partial charge in [0, 0.05) is 7.05 Å². The summed E-state index contributed by atoms with van der Waals surface area (Å²) in [6.45, 7) is 7.87. The van der Waals surface area contributed by atoms with E-state index in [1.54, 1.807) is 10.6 Å². The Hall–Kier alpha value is -1.88. The number of hydrogen-bond acceptors (Lipinski definition) is 2. The van der Waals surface area contributed by atoms with Crippen molar-refractivity contribution in [2.24, 2.45) is 7.05 Å². The van der Waals surface area contributed by atoms with Crippen LogP contribution < -0.4 is 16.1 Å². The van der Waals surface area contributed by atoms with Crippen LogP contribution in [0.2, 0.25) is 0 Å². The molecular formula is C15H22N3O2+. The number of para-hydroxylation sites is 1. The van der Waals surface area contributed by atoms with Crippen LogP contribution in [-0.4, -0.2) is 28.8 Å². The molecule has 2 rings (SSSR count). The summed E-state index contributed by atoms with van der Waals surface area (Å²) in [4.78, 5) is 25.8. The number of quaternary nitrogens is 1. The Kier molecular flexibility index (Phi) is 4.39. The first kappa shape index (κ1) is 14.5. The van der Waals surface area contributed by atoms with Crippen molar-refractivity contribution in [2.75, 3.05) is 19.6 Å². The minimum absolute atomic E-state index is 0.225. The van der Waals surface area contributed by atoms with Gasteiger partial charge >= 0.3 is 5.69 Å². The Balaban J connectivity index is 2.52. The second kappa shape index (κ2) is 6.05. The van der Waals surface area contributed by atoms with Gasteiger partial charge < -0.3 is 4.90 Å². The van der Waals surface area contributed by atoms with Crippen LogP contribution in [0, 0.1) is 0 Å². The summed E-state index contributed by atoms with van der Waals surface area (Å²) < 4.78 is 2.90. The Bertz CT molecular complexity index is 711. The topological polar surface area (TPSA) is 48.4 Å². The van der Waals surface area contributed by atoms with Crippen molar-refractivity contribution in [3.8, 4) is 0 Å². The van der Waals surface area contributed by atoms with Crippen LogP contribution in [0.4, 0.5) is 0 Å². The highest BCUT2D eigenvalue weighted by atomic mass is 16.2. The third-order valence-corrected chi connectivity index (χ3v) is 3.94. The van der Waals surface area contributed by atoms with Crippen molar-refractivity contribution in [1.29, 1.82) is 0 Å². The molecule has 0 saturated heterocycles. The molecule has 0 aliphatic carbocycles. The number of fused-ring (bicyclic) bond motifs is 1. The molecule has 0 saturated carbocycles. The van der Waals surface area contributed by atoms with Crippen LogP contribution in [0.1, 0.15) is 13.8 Å². The van der Waals surface area contributed by atoms with Gasteiger partial charge in [-0.3, -0.25) is 13.9 Å². The fraction of sp³-hybridized carbons (Fsp3) is 0.467. The van der Waals surface area contributed by atoms with E-state index in [2.05, 4.69) is 13.8 Å². The number of rotatable bonds is 5. The lowest BCUT2D eigenvalue weighted by Crippen LogP contribution is -3.11. The molecule has 1 heterocycles. The molecule has 2 aromatic rings. The first-order chi connectivity index (χ1) is 9.60. The van der Waals surface area contributed by atoms with E-state index < -0.39 is 0 Å². The van der Waals surface area contributed by atoms with Gasteiger partial charge in [-0.1, -0.05) is 12.1 Å². The molecule has 0 amide bonds. The molecule has 5 nitrogen and oxygen atoms in total. The van der Waals surface area contributed by atoms with Gasteiger partial charge in [0.1, 0.15) is 0 Å². The van der Waals surface area contributed by atoms with Crippen molar-refractivity contribution in [3.05, 3.63) is 45.1 Å². The minimum Gasteiger partial charge on any atom is -0.334 e. The molecule has 0 bridgehead atoms. The van der Waals surface area contributed by atoms with Crippen molar-refractivity contribution < 1.29 is 4.90 Å². The zero-order valence-corrected chi connectivity index (χ0v) is 12.3. The third-order valence-electron chi connectivity index (χ3n) is 3.94. The third kappa shape index (κ3) is 2.54. The molecule has 0 radical (unpaired) electrons. The average Bonchev–Trinajstić information content (AvgIpc) is 2.49. The molecule has 0 fully saturated rings. The molecule has 0 aliphatic heterocycles. The normalized spacial score (nSPS) is 11.4. The van der Waals surface area contributed by atoms with Crippen LogP contribution in [-0.2, 0) is 13.6 Å². The number of nitrogens with one attached hydrogen (secondary N) is 1. The SMILES string of the molecule is CC[NH+](CC)CCn1c(=O)n(C)c(=O)c2ccccc21. The van der Waals surface area contributed by atoms with E-state index in [-0.39, 0.29) is 11.2 Å². The van der Waals surface area contributed by atoms with Gasteiger partial charge in [-0.15, -0.1) is 0 Å². The highest BCUT2D eigenvalue weighted by Gasteiger charge is 2.11. The highest BCUT2D eigenvalue weighted by molar-refractivity contribution is 5.77. The summed E-state index contributed by atoms with van der Waals surface area (Å²) in [7, 11) is 1.54. The lowest BCUT2D eigenvalue weighted by Gasteiger charge is -2.17. The van der Waals surface area contributed by atoms with E-state index in [1.807, 2.05) is 18.2 Å². The molecule has 0 spiro atoms. The van der Waals surface area contributed by atoms with E-state index in [1.165, 1.54) is 16.5 Å². The molecule has 1 N–H and O–H groups in total. The number of benzene rings is 1. The monoisotopic (exact) mass is 276 g/mol. The summed E-state index contributed by atoms with van der Waals surface area (Å²) in [6.07, 6.45) is 0. The molecule has 0 aliphatic rings. The minimum atomic E-state index is -0.236. The molecule has 0 atom stereocenters. The molecule has 20 heavy (non-hydrogen) atoms. The van der Waals surface area contributed by atoms with Crippen LogP contribution >= 0.6 is 0 Å². The summed E-state index contributed by atoms with van der Waals surface area (Å²) in [5.74, 6) is 0. The van der Waals surface area contributed by atoms with Gasteiger partial charge in [0.15, 0.2) is 0 Å². The average molecular weight is 276 g/mol. The summed E-state index contributed by atoms with van der Waals surface area (Å²) in [5.41, 5.74) is 0.268. The zero-order valence-electron chi connectivity index (χ0n) is 12.3. The molecule has 0 unspecified atom stereocenters. The van der Waals surface area contributed by atoms with Crippen LogP contribution in [0.15, 0.2) is 33.9 Å². The van der Waals surface area contributed by atoms with Gasteiger partial charge in [0.05, 0.1) is 37.1 Å². The zero-order chi connectivity index (χ0) is 14.7. The fourth-order valence-corrected chi connectivity index (χ4v) is 2.53. The molecule has 1 aromatic heterocycles. The van der Waals surface area contributed by atoms with Crippen molar-refractivity contribution in [2.45, 2.75) is 20.4 Å². The summed E-state index contributed by atoms with van der Waals surface area (Å²) in [5, 5.41) is 0.601. The Morgan fingerprint density at radius 3 is 2.40 bits per heavy atom. The van der Waals surface area contributed by atoms with E-state index in [0.717, 1.165) is 25.2 Å². The predicted octanol–water partition coefficient (Wildman–Crippen LogP) is -0.375. The van der Waals surface area contributed by atoms with E-state index >= 15 is 0 Å². The quantitative estimate of drug-likeness (QED) is 0.810. The molecular weight excluding hydrogens is 254 g/mol. The molecule has 1 aromatic carbocycles. The fourth-order valence-electron chi connectivity index (χ4n) is 2.53. The van der Waals surface area contributed by atoms with Gasteiger partial charge in [-0.2, -0.15) is 0 Å². The number of aromatic nitrogens is 2. The van der Waals surface area contributed by atoms with Gasteiger partial charge in [-0.05, 0) is 26.0 Å². The number of likely N-dealkylation sites (N-methyl/N-ethyl adjacent to an activating group) is 1. The highest BCUT2D eigenvalue weighted by Crippen LogP contribution is 2.06. The second-order valence-corrected chi connectivity index (χ2v) is 5.02. The Morgan fingerprint density at radius 2 is 1.75 bits per heavy atom. The predicted molar refractivity (Wildman–Crippen MR) is 80.4 cm³/mol. The van der Waals surface area contributed by atoms with E-state index in [4.69, 9.17) is 0 Å². The maximum atomic E-state index is 12.3. The van der Waals surface area contributed by atoms with E-state index in [0.29, 0.717) is 11.9 Å². The Labute approximate surface area is 118 Å². The number of hydrogen-bond donors (Lipinski definition) is 1. The van der Waals surface area contributed by atoms with Crippen molar-refractivity contribution in [1.82, 2.24) is 9.13 Å². The van der Waals surface area contributed by atoms with Crippen LogP contribution in [0.25, 0.3) is 10.9 Å². The first-order valence-corrected chi connectivity index (χ1v) is 7.12. The van der Waals surface area contributed by atoms with Gasteiger partial charge in [0.2, 0.25) is 0 Å². The number of nitrogens with zero attached hydrogens (tertiary/aromatic N) is 2. The smallest absolute Gasteiger partial charge is 0.331 e. The Morgan fingerprint density at radius 1 is 1.10 bits per heavy atom. The van der Waals surface area contributed by atoms with Crippen LogP contribution in [0.3, 0.4) is 0 Å². The maximum absolute atomic E-state index is 12.3. The summed E-state index contributed by atoms with van der Waals surface area (Å²) >= 11 is 0. The first-order valence-electron chi connectivity index (χ1n) is 7.12. The van der Waals surface area contributed by atoms with Crippen LogP contribution in [0.5, 0.6) is 0 Å². The lowest BCUT2D eigenvalue weighted by molar-refractivity contribution is -0.897. The van der Waals surface area contributed by atoms with Gasteiger partial charge in [-0.25, -0.2) is 4.79 Å². The molecule has 108 valence electrons. The van der Waals surface area contributed by atoms with E-state index in [9.17, 15) is 9.59 Å². The van der Waals surface area contributed by atoms with Gasteiger partial charge in [0.25, 0.3) is 5.56 Å². The second-order valence-electron chi connectivity index (χ2n) is 5.02. The lowest BCUT2D eigenvalue weighted by atomic mass is 10.2.